The zero-order valence-corrected chi connectivity index (χ0v) is 13.9. The van der Waals surface area contributed by atoms with E-state index in [0.717, 1.165) is 6.42 Å². The number of ether oxygens (including phenoxy) is 1. The fourth-order valence-corrected chi connectivity index (χ4v) is 2.04. The molecule has 1 unspecified atom stereocenters. The number of rotatable bonds is 7. The van der Waals surface area contributed by atoms with Gasteiger partial charge in [-0.1, -0.05) is 13.8 Å². The highest BCUT2D eigenvalue weighted by molar-refractivity contribution is 9.10. The number of carbonyl (C=O) groups excluding carboxylic acids is 1. The van der Waals surface area contributed by atoms with Crippen molar-refractivity contribution in [2.24, 2.45) is 5.92 Å². The van der Waals surface area contributed by atoms with Crippen LogP contribution in [0.5, 0.6) is 5.75 Å². The number of hydrogen-bond acceptors (Lipinski definition) is 3. The maximum atomic E-state index is 11.9. The zero-order valence-electron chi connectivity index (χ0n) is 12.4. The number of nitrogens with one attached hydrogen (secondary N) is 1. The molecule has 1 rings (SSSR count). The van der Waals surface area contributed by atoms with Gasteiger partial charge >= 0.3 is 5.97 Å². The Morgan fingerprint density at radius 3 is 2.57 bits per heavy atom. The van der Waals surface area contributed by atoms with E-state index in [2.05, 4.69) is 35.1 Å². The standard InChI is InChI=1S/C15H20BrNO4/c1-9(2)6-7-17-14(18)10(3)21-11-4-5-13(16)12(8-11)15(19)20/h4-5,8-10H,6-7H2,1-3H3,(H,17,18)(H,19,20). The molecular weight excluding hydrogens is 338 g/mol. The molecule has 0 heterocycles. The summed E-state index contributed by atoms with van der Waals surface area (Å²) in [6.45, 7) is 6.40. The van der Waals surface area contributed by atoms with Crippen LogP contribution in [-0.4, -0.2) is 29.6 Å². The average Bonchev–Trinajstić information content (AvgIpc) is 2.40. The van der Waals surface area contributed by atoms with Crippen LogP contribution in [0.2, 0.25) is 0 Å². The van der Waals surface area contributed by atoms with Crippen molar-refractivity contribution in [3.05, 3.63) is 28.2 Å². The lowest BCUT2D eigenvalue weighted by Crippen LogP contribution is -2.37. The molecule has 5 nitrogen and oxygen atoms in total. The molecule has 1 atom stereocenters. The molecular formula is C15H20BrNO4. The molecule has 1 amide bonds. The molecule has 0 saturated heterocycles. The van der Waals surface area contributed by atoms with Gasteiger partial charge in [-0.3, -0.25) is 4.79 Å². The Morgan fingerprint density at radius 2 is 2.00 bits per heavy atom. The van der Waals surface area contributed by atoms with Crippen molar-refractivity contribution in [1.82, 2.24) is 5.32 Å². The largest absolute Gasteiger partial charge is 0.481 e. The van der Waals surface area contributed by atoms with E-state index in [1.807, 2.05) is 0 Å². The van der Waals surface area contributed by atoms with Gasteiger partial charge < -0.3 is 15.2 Å². The molecule has 0 spiro atoms. The molecule has 0 radical (unpaired) electrons. The molecule has 1 aromatic rings. The first kappa shape index (κ1) is 17.5. The van der Waals surface area contributed by atoms with Crippen LogP contribution in [0.25, 0.3) is 0 Å². The summed E-state index contributed by atoms with van der Waals surface area (Å²) in [4.78, 5) is 22.9. The third-order valence-corrected chi connectivity index (χ3v) is 3.56. The molecule has 0 aliphatic rings. The lowest BCUT2D eigenvalue weighted by molar-refractivity contribution is -0.127. The molecule has 21 heavy (non-hydrogen) atoms. The van der Waals surface area contributed by atoms with Crippen molar-refractivity contribution >= 4 is 27.8 Å². The van der Waals surface area contributed by atoms with Crippen molar-refractivity contribution in [3.63, 3.8) is 0 Å². The molecule has 2 N–H and O–H groups in total. The average molecular weight is 358 g/mol. The molecule has 0 saturated carbocycles. The van der Waals surface area contributed by atoms with E-state index in [9.17, 15) is 9.59 Å². The van der Waals surface area contributed by atoms with Crippen molar-refractivity contribution in [2.75, 3.05) is 6.54 Å². The number of carbonyl (C=O) groups is 2. The Kier molecular flexibility index (Phi) is 6.68. The fourth-order valence-electron chi connectivity index (χ4n) is 1.63. The minimum absolute atomic E-state index is 0.0971. The highest BCUT2D eigenvalue weighted by Gasteiger charge is 2.16. The quantitative estimate of drug-likeness (QED) is 0.786. The summed E-state index contributed by atoms with van der Waals surface area (Å²) in [5.41, 5.74) is 0.0971. The molecule has 0 bridgehead atoms. The van der Waals surface area contributed by atoms with Gasteiger partial charge in [0.25, 0.3) is 5.91 Å². The van der Waals surface area contributed by atoms with E-state index < -0.39 is 12.1 Å². The van der Waals surface area contributed by atoms with Gasteiger partial charge in [-0.15, -0.1) is 0 Å². The summed E-state index contributed by atoms with van der Waals surface area (Å²) >= 11 is 3.16. The smallest absolute Gasteiger partial charge is 0.336 e. The first-order chi connectivity index (χ1) is 9.81. The summed E-state index contributed by atoms with van der Waals surface area (Å²) in [5, 5.41) is 11.8. The first-order valence-electron chi connectivity index (χ1n) is 6.78. The SMILES string of the molecule is CC(C)CCNC(=O)C(C)Oc1ccc(Br)c(C(=O)O)c1. The number of aromatic carboxylic acids is 1. The second-order valence-corrected chi connectivity index (χ2v) is 6.03. The predicted molar refractivity (Wildman–Crippen MR) is 83.7 cm³/mol. The summed E-state index contributed by atoms with van der Waals surface area (Å²) in [6, 6.07) is 4.60. The van der Waals surface area contributed by atoms with Crippen LogP contribution in [0.1, 0.15) is 37.6 Å². The molecule has 1 aromatic carbocycles. The van der Waals surface area contributed by atoms with Crippen LogP contribution in [-0.2, 0) is 4.79 Å². The number of carboxylic acids is 1. The van der Waals surface area contributed by atoms with Gasteiger partial charge in [-0.2, -0.15) is 0 Å². The predicted octanol–water partition coefficient (Wildman–Crippen LogP) is 3.08. The molecule has 0 aliphatic heterocycles. The Morgan fingerprint density at radius 1 is 1.33 bits per heavy atom. The van der Waals surface area contributed by atoms with E-state index >= 15 is 0 Å². The summed E-state index contributed by atoms with van der Waals surface area (Å²) in [6.07, 6.45) is 0.222. The summed E-state index contributed by atoms with van der Waals surface area (Å²) in [7, 11) is 0. The Hall–Kier alpha value is -1.56. The molecule has 116 valence electrons. The van der Waals surface area contributed by atoms with Crippen molar-refractivity contribution in [3.8, 4) is 5.75 Å². The second-order valence-electron chi connectivity index (χ2n) is 5.18. The van der Waals surface area contributed by atoms with E-state index in [-0.39, 0.29) is 11.5 Å². The van der Waals surface area contributed by atoms with Gasteiger partial charge in [-0.25, -0.2) is 4.79 Å². The Bertz CT molecular complexity index is 516. The first-order valence-corrected chi connectivity index (χ1v) is 7.57. The molecule has 6 heteroatoms. The lowest BCUT2D eigenvalue weighted by atomic mass is 10.1. The number of amides is 1. The third kappa shape index (κ3) is 5.75. The van der Waals surface area contributed by atoms with Crippen molar-refractivity contribution in [2.45, 2.75) is 33.3 Å². The second kappa shape index (κ2) is 8.02. The van der Waals surface area contributed by atoms with Crippen LogP contribution in [0.4, 0.5) is 0 Å². The van der Waals surface area contributed by atoms with Crippen LogP contribution < -0.4 is 10.1 Å². The van der Waals surface area contributed by atoms with E-state index in [4.69, 9.17) is 9.84 Å². The van der Waals surface area contributed by atoms with E-state index in [1.54, 1.807) is 19.1 Å². The Balaban J connectivity index is 2.62. The van der Waals surface area contributed by atoms with Crippen LogP contribution in [0.3, 0.4) is 0 Å². The van der Waals surface area contributed by atoms with Crippen molar-refractivity contribution in [1.29, 1.82) is 0 Å². The fraction of sp³-hybridized carbons (Fsp3) is 0.467. The van der Waals surface area contributed by atoms with Crippen molar-refractivity contribution < 1.29 is 19.4 Å². The normalized spacial score (nSPS) is 12.0. The van der Waals surface area contributed by atoms with Gasteiger partial charge in [-0.05, 0) is 53.4 Å². The summed E-state index contributed by atoms with van der Waals surface area (Å²) in [5.74, 6) is -0.398. The summed E-state index contributed by atoms with van der Waals surface area (Å²) < 4.78 is 5.95. The number of benzene rings is 1. The highest BCUT2D eigenvalue weighted by atomic mass is 79.9. The van der Waals surface area contributed by atoms with Gasteiger partial charge in [0, 0.05) is 11.0 Å². The van der Waals surface area contributed by atoms with E-state index in [0.29, 0.717) is 22.7 Å². The van der Waals surface area contributed by atoms with Crippen LogP contribution in [0.15, 0.2) is 22.7 Å². The van der Waals surface area contributed by atoms with Gasteiger partial charge in [0.2, 0.25) is 0 Å². The lowest BCUT2D eigenvalue weighted by Gasteiger charge is -2.15. The van der Waals surface area contributed by atoms with Gasteiger partial charge in [0.15, 0.2) is 6.10 Å². The number of halogens is 1. The molecule has 0 aromatic heterocycles. The van der Waals surface area contributed by atoms with E-state index in [1.165, 1.54) is 6.07 Å². The monoisotopic (exact) mass is 357 g/mol. The molecule has 0 fully saturated rings. The topological polar surface area (TPSA) is 75.6 Å². The zero-order chi connectivity index (χ0) is 16.0. The Labute approximate surface area is 132 Å². The third-order valence-electron chi connectivity index (χ3n) is 2.87. The minimum Gasteiger partial charge on any atom is -0.481 e. The minimum atomic E-state index is -1.05. The maximum Gasteiger partial charge on any atom is 0.336 e. The number of hydrogen-bond donors (Lipinski definition) is 2. The van der Waals surface area contributed by atoms with Gasteiger partial charge in [0.05, 0.1) is 5.56 Å². The van der Waals surface area contributed by atoms with Crippen LogP contribution >= 0.6 is 15.9 Å². The molecule has 0 aliphatic carbocycles. The highest BCUT2D eigenvalue weighted by Crippen LogP contribution is 2.23. The van der Waals surface area contributed by atoms with Gasteiger partial charge in [0.1, 0.15) is 5.75 Å². The van der Waals surface area contributed by atoms with Crippen LogP contribution in [0, 0.1) is 5.92 Å². The maximum absolute atomic E-state index is 11.9. The number of carboxylic acid groups (broad SMARTS) is 1.